The molecule has 0 spiro atoms. The quantitative estimate of drug-likeness (QED) is 0.138. The van der Waals surface area contributed by atoms with Crippen LogP contribution in [0.15, 0.2) is 89.1 Å². The Hall–Kier alpha value is -4.70. The lowest BCUT2D eigenvalue weighted by atomic mass is 9.92. The summed E-state index contributed by atoms with van der Waals surface area (Å²) in [6.45, 7) is 9.52. The molecule has 3 heterocycles. The van der Waals surface area contributed by atoms with Gasteiger partial charge in [-0.2, -0.15) is 8.75 Å². The highest BCUT2D eigenvalue weighted by Crippen LogP contribution is 2.39. The summed E-state index contributed by atoms with van der Waals surface area (Å²) in [5.74, 6) is -0.356. The predicted octanol–water partition coefficient (Wildman–Crippen LogP) is 8.57. The normalized spacial score (nSPS) is 14.1. The maximum absolute atomic E-state index is 14.3. The molecule has 0 N–H and O–H groups in total. The molecule has 0 radical (unpaired) electrons. The van der Waals surface area contributed by atoms with Crippen molar-refractivity contribution in [2.24, 2.45) is 4.99 Å². The highest BCUT2D eigenvalue weighted by molar-refractivity contribution is 7.00. The van der Waals surface area contributed by atoms with Crippen LogP contribution in [0.2, 0.25) is 0 Å². The summed E-state index contributed by atoms with van der Waals surface area (Å²) >= 11 is 1.14. The Morgan fingerprint density at radius 3 is 1.93 bits per heavy atom. The van der Waals surface area contributed by atoms with Crippen molar-refractivity contribution in [2.45, 2.75) is 34.6 Å². The molecular weight excluding hydrogens is 577 g/mol. The van der Waals surface area contributed by atoms with E-state index in [2.05, 4.69) is 8.75 Å². The van der Waals surface area contributed by atoms with Gasteiger partial charge >= 0.3 is 13.4 Å². The Kier molecular flexibility index (Phi) is 7.86. The smallest absolute Gasteiger partial charge is 0.462 e. The van der Waals surface area contributed by atoms with E-state index in [0.717, 1.165) is 71.9 Å². The molecule has 0 atom stereocenters. The van der Waals surface area contributed by atoms with E-state index >= 15 is 0 Å². The van der Waals surface area contributed by atoms with E-state index in [4.69, 9.17) is 9.73 Å². The molecule has 2 aromatic heterocycles. The van der Waals surface area contributed by atoms with E-state index in [1.165, 1.54) is 0 Å². The summed E-state index contributed by atoms with van der Waals surface area (Å²) in [4.78, 5) is 16.8. The number of nitrogens with zero attached hydrogens (tertiary/aromatic N) is 4. The van der Waals surface area contributed by atoms with Crippen LogP contribution in [0.5, 0.6) is 0 Å². The number of aryl methyl sites for hydroxylation is 2. The van der Waals surface area contributed by atoms with E-state index in [1.54, 1.807) is 32.0 Å². The SMILES string of the molecule is CCOC(=O)c1ccc(-c2ccc(-c3ccc(/C(=C4/N=C(C)C=C4C)c4c(C)cc(C)n4B(F)F)cc3)c3nsnc23)cc1. The van der Waals surface area contributed by atoms with Crippen LogP contribution in [-0.4, -0.2) is 38.9 Å². The number of carbonyl (C=O) groups is 1. The van der Waals surface area contributed by atoms with Gasteiger partial charge in [-0.1, -0.05) is 48.5 Å². The summed E-state index contributed by atoms with van der Waals surface area (Å²) in [7, 11) is -2.69. The minimum atomic E-state index is -2.69. The highest BCUT2D eigenvalue weighted by Gasteiger charge is 2.29. The van der Waals surface area contributed by atoms with Gasteiger partial charge in [0.2, 0.25) is 0 Å². The first-order chi connectivity index (χ1) is 21.2. The first-order valence-corrected chi connectivity index (χ1v) is 15.0. The van der Waals surface area contributed by atoms with Crippen LogP contribution in [0.4, 0.5) is 8.63 Å². The summed E-state index contributed by atoms with van der Waals surface area (Å²) < 4.78 is 44.1. The zero-order chi connectivity index (χ0) is 31.1. The molecule has 0 saturated carbocycles. The molecule has 0 unspecified atom stereocenters. The van der Waals surface area contributed by atoms with E-state index < -0.39 is 7.40 Å². The number of benzene rings is 3. The Morgan fingerprint density at radius 2 is 1.43 bits per heavy atom. The number of fused-ring (bicyclic) bond motifs is 1. The minimum absolute atomic E-state index is 0.319. The third-order valence-corrected chi connectivity index (χ3v) is 8.31. The number of esters is 1. The fourth-order valence-corrected chi connectivity index (χ4v) is 6.43. The number of hydrogen-bond acceptors (Lipinski definition) is 6. The van der Waals surface area contributed by atoms with Crippen molar-refractivity contribution in [3.63, 3.8) is 0 Å². The Morgan fingerprint density at radius 1 is 0.864 bits per heavy atom. The molecule has 10 heteroatoms. The van der Waals surface area contributed by atoms with Gasteiger partial charge < -0.3 is 9.21 Å². The van der Waals surface area contributed by atoms with Gasteiger partial charge in [0.05, 0.1) is 29.6 Å². The van der Waals surface area contributed by atoms with E-state index in [-0.39, 0.29) is 5.97 Å². The zero-order valence-electron chi connectivity index (χ0n) is 25.0. The van der Waals surface area contributed by atoms with Gasteiger partial charge in [-0.25, -0.2) is 4.79 Å². The maximum atomic E-state index is 14.3. The zero-order valence-corrected chi connectivity index (χ0v) is 25.8. The molecule has 0 amide bonds. The molecule has 0 bridgehead atoms. The Bertz CT molecular complexity index is 2010. The van der Waals surface area contributed by atoms with Crippen LogP contribution in [0, 0.1) is 13.8 Å². The van der Waals surface area contributed by atoms with Crippen molar-refractivity contribution >= 4 is 47.4 Å². The highest BCUT2D eigenvalue weighted by atomic mass is 32.1. The summed E-state index contributed by atoms with van der Waals surface area (Å²) in [5.41, 5.74) is 11.4. The van der Waals surface area contributed by atoms with Crippen LogP contribution in [0.25, 0.3) is 38.9 Å². The average molecular weight is 607 g/mol. The monoisotopic (exact) mass is 606 g/mol. The van der Waals surface area contributed by atoms with Crippen molar-refractivity contribution in [1.29, 1.82) is 0 Å². The molecule has 5 aromatic rings. The molecule has 1 aliphatic rings. The van der Waals surface area contributed by atoms with Gasteiger partial charge in [0.1, 0.15) is 11.0 Å². The van der Waals surface area contributed by atoms with Gasteiger partial charge in [-0.05, 0) is 86.7 Å². The fourth-order valence-electron chi connectivity index (χ4n) is 5.85. The third-order valence-electron chi connectivity index (χ3n) is 7.78. The molecule has 3 aromatic carbocycles. The molecular formula is C34H29BF2N4O2S. The largest absolute Gasteiger partial charge is 0.677 e. The average Bonchev–Trinajstić information content (AvgIpc) is 3.70. The number of ether oxygens (including phenoxy) is 1. The van der Waals surface area contributed by atoms with Crippen LogP contribution in [0.3, 0.4) is 0 Å². The van der Waals surface area contributed by atoms with Gasteiger partial charge in [-0.3, -0.25) is 13.6 Å². The number of hydrogen-bond donors (Lipinski definition) is 0. The lowest BCUT2D eigenvalue weighted by Gasteiger charge is -2.17. The van der Waals surface area contributed by atoms with Gasteiger partial charge in [0, 0.05) is 33.8 Å². The minimum Gasteiger partial charge on any atom is -0.462 e. The summed E-state index contributed by atoms with van der Waals surface area (Å²) in [6.07, 6.45) is 1.97. The number of allylic oxidation sites excluding steroid dienone is 2. The lowest BCUT2D eigenvalue weighted by Crippen LogP contribution is -2.18. The second kappa shape index (κ2) is 11.8. The molecule has 6 nitrogen and oxygen atoms in total. The second-order valence-corrected chi connectivity index (χ2v) is 11.3. The number of halogens is 2. The molecule has 0 fully saturated rings. The topological polar surface area (TPSA) is 69.4 Å². The summed E-state index contributed by atoms with van der Waals surface area (Å²) in [5, 5.41) is 0. The number of rotatable bonds is 7. The van der Waals surface area contributed by atoms with E-state index in [0.29, 0.717) is 34.8 Å². The molecule has 0 aliphatic carbocycles. The number of aliphatic imine (C=N–C) groups is 1. The van der Waals surface area contributed by atoms with Crippen molar-refractivity contribution in [3.8, 4) is 22.3 Å². The Balaban J connectivity index is 1.42. The lowest BCUT2D eigenvalue weighted by molar-refractivity contribution is 0.0526. The van der Waals surface area contributed by atoms with Crippen LogP contribution in [-0.2, 0) is 4.74 Å². The molecule has 220 valence electrons. The van der Waals surface area contributed by atoms with Crippen molar-refractivity contribution in [3.05, 3.63) is 112 Å². The Labute approximate surface area is 259 Å². The fraction of sp³-hybridized carbons (Fsp3) is 0.176. The van der Waals surface area contributed by atoms with E-state index in [9.17, 15) is 13.4 Å². The van der Waals surface area contributed by atoms with Crippen LogP contribution >= 0.6 is 11.7 Å². The van der Waals surface area contributed by atoms with Gasteiger partial charge in [0.25, 0.3) is 0 Å². The first kappa shape index (κ1) is 29.4. The molecule has 1 aliphatic heterocycles. The third kappa shape index (κ3) is 5.19. The van der Waals surface area contributed by atoms with E-state index in [1.807, 2.05) is 75.4 Å². The number of aromatic nitrogens is 3. The van der Waals surface area contributed by atoms with Crippen molar-refractivity contribution in [1.82, 2.24) is 13.2 Å². The van der Waals surface area contributed by atoms with Crippen LogP contribution in [0.1, 0.15) is 53.6 Å². The van der Waals surface area contributed by atoms with Crippen molar-refractivity contribution in [2.75, 3.05) is 6.61 Å². The molecule has 6 rings (SSSR count). The van der Waals surface area contributed by atoms with Gasteiger partial charge in [-0.15, -0.1) is 0 Å². The standard InChI is InChI=1S/C34H29BF2N4O2S/c1-6-43-34(42)26-13-9-24(10-14-26)28-16-15-27(31-32(28)40-44-39-31)23-7-11-25(12-8-23)29(30-19(2)17-21(4)38-30)33-20(3)18-22(5)41(33)35(36)37/h7-18H,6H2,1-5H3/b30-29-. The maximum Gasteiger partial charge on any atom is 0.677 e. The second-order valence-electron chi connectivity index (χ2n) is 10.8. The van der Waals surface area contributed by atoms with Crippen LogP contribution < -0.4 is 0 Å². The van der Waals surface area contributed by atoms with Gasteiger partial charge in [0.15, 0.2) is 0 Å². The molecule has 0 saturated heterocycles. The first-order valence-electron chi connectivity index (χ1n) is 14.3. The van der Waals surface area contributed by atoms with Crippen molar-refractivity contribution < 1.29 is 18.2 Å². The summed E-state index contributed by atoms with van der Waals surface area (Å²) in [6, 6.07) is 21.0. The molecule has 44 heavy (non-hydrogen) atoms. The number of carbonyl (C=O) groups excluding carboxylic acids is 1. The predicted molar refractivity (Wildman–Crippen MR) is 174 cm³/mol.